The fourth-order valence-corrected chi connectivity index (χ4v) is 4.15. The van der Waals surface area contributed by atoms with Crippen LogP contribution >= 0.6 is 0 Å². The Balaban J connectivity index is 1.34. The first-order valence-corrected chi connectivity index (χ1v) is 9.87. The Labute approximate surface area is 163 Å². The molecule has 1 saturated carbocycles. The number of imide groups is 1. The fraction of sp³-hybridized carbons (Fsp3) is 0.500. The molecule has 1 atom stereocenters. The summed E-state index contributed by atoms with van der Waals surface area (Å²) in [7, 11) is 0. The molecule has 1 aromatic heterocycles. The second-order valence-corrected chi connectivity index (χ2v) is 7.71. The Morgan fingerprint density at radius 3 is 2.75 bits per heavy atom. The zero-order valence-electron chi connectivity index (χ0n) is 16.0. The van der Waals surface area contributed by atoms with E-state index in [-0.39, 0.29) is 36.9 Å². The monoisotopic (exact) mass is 383 g/mol. The molecule has 28 heavy (non-hydrogen) atoms. The molecule has 1 unspecified atom stereocenters. The summed E-state index contributed by atoms with van der Waals surface area (Å²) in [6.07, 6.45) is 4.41. The molecule has 8 nitrogen and oxygen atoms in total. The number of carbonyl (C=O) groups is 3. The second kappa shape index (κ2) is 7.26. The first kappa shape index (κ1) is 18.5. The van der Waals surface area contributed by atoms with Gasteiger partial charge in [0.15, 0.2) is 0 Å². The first-order chi connectivity index (χ1) is 13.5. The number of para-hydroxylation sites is 2. The predicted molar refractivity (Wildman–Crippen MR) is 103 cm³/mol. The number of amides is 4. The molecule has 4 amide bonds. The van der Waals surface area contributed by atoms with Crippen LogP contribution in [-0.2, 0) is 9.59 Å². The number of carbonyl (C=O) groups excluding carboxylic acids is 3. The first-order valence-electron chi connectivity index (χ1n) is 9.87. The molecule has 1 aliphatic heterocycles. The van der Waals surface area contributed by atoms with Gasteiger partial charge in [-0.3, -0.25) is 14.5 Å². The van der Waals surface area contributed by atoms with Crippen molar-refractivity contribution < 1.29 is 14.4 Å². The highest BCUT2D eigenvalue weighted by Crippen LogP contribution is 2.33. The summed E-state index contributed by atoms with van der Waals surface area (Å²) in [6, 6.07) is 6.98. The van der Waals surface area contributed by atoms with Crippen molar-refractivity contribution in [3.8, 4) is 0 Å². The van der Waals surface area contributed by atoms with Crippen LogP contribution in [0.3, 0.4) is 0 Å². The normalized spacial score (nSPS) is 19.8. The molecule has 1 saturated heterocycles. The smallest absolute Gasteiger partial charge is 0.325 e. The highest BCUT2D eigenvalue weighted by Gasteiger charge is 2.51. The van der Waals surface area contributed by atoms with E-state index in [2.05, 4.69) is 20.6 Å². The van der Waals surface area contributed by atoms with Crippen LogP contribution in [0.4, 0.5) is 4.79 Å². The lowest BCUT2D eigenvalue weighted by atomic mass is 9.82. The van der Waals surface area contributed by atoms with Crippen LogP contribution < -0.4 is 10.6 Å². The average Bonchev–Trinajstić information content (AvgIpc) is 3.21. The van der Waals surface area contributed by atoms with Crippen LogP contribution in [0.2, 0.25) is 0 Å². The number of hydrogen-bond acceptors (Lipinski definition) is 4. The summed E-state index contributed by atoms with van der Waals surface area (Å²) in [5.74, 6) is 0.263. The minimum atomic E-state index is -0.743. The standard InChI is InChI=1S/C20H25N5O3/c1-13(17-22-14-7-3-4-8-15(14)23-17)21-16(26)9-12-25-18(27)20(24-19(25)28)10-5-2-6-11-20/h3-4,7-8,13H,2,5-6,9-12H2,1H3,(H,21,26)(H,22,23)(H,24,28). The van der Waals surface area contributed by atoms with Gasteiger partial charge in [0.25, 0.3) is 5.91 Å². The molecule has 2 heterocycles. The maximum absolute atomic E-state index is 12.7. The molecule has 0 bridgehead atoms. The molecule has 2 aliphatic rings. The third kappa shape index (κ3) is 3.34. The van der Waals surface area contributed by atoms with E-state index in [0.29, 0.717) is 18.7 Å². The van der Waals surface area contributed by atoms with Crippen LogP contribution in [-0.4, -0.2) is 44.8 Å². The summed E-state index contributed by atoms with van der Waals surface area (Å²) in [5.41, 5.74) is 1.01. The maximum atomic E-state index is 12.7. The minimum absolute atomic E-state index is 0.0693. The number of aromatic nitrogens is 2. The maximum Gasteiger partial charge on any atom is 0.325 e. The molecule has 8 heteroatoms. The average molecular weight is 383 g/mol. The summed E-state index contributed by atoms with van der Waals surface area (Å²) >= 11 is 0. The van der Waals surface area contributed by atoms with Crippen molar-refractivity contribution in [2.75, 3.05) is 6.54 Å². The summed E-state index contributed by atoms with van der Waals surface area (Å²) < 4.78 is 0. The van der Waals surface area contributed by atoms with Crippen molar-refractivity contribution in [2.45, 2.75) is 57.0 Å². The van der Waals surface area contributed by atoms with Gasteiger partial charge in [-0.25, -0.2) is 9.78 Å². The van der Waals surface area contributed by atoms with Crippen molar-refractivity contribution in [2.24, 2.45) is 0 Å². The van der Waals surface area contributed by atoms with Gasteiger partial charge in [0.05, 0.1) is 17.1 Å². The second-order valence-electron chi connectivity index (χ2n) is 7.71. The number of urea groups is 1. The number of fused-ring (bicyclic) bond motifs is 1. The Bertz CT molecular complexity index is 882. The van der Waals surface area contributed by atoms with E-state index < -0.39 is 5.54 Å². The van der Waals surface area contributed by atoms with Gasteiger partial charge in [0, 0.05) is 13.0 Å². The van der Waals surface area contributed by atoms with Crippen molar-refractivity contribution >= 4 is 28.9 Å². The minimum Gasteiger partial charge on any atom is -0.346 e. The molecule has 1 spiro atoms. The van der Waals surface area contributed by atoms with E-state index in [4.69, 9.17) is 0 Å². The van der Waals surface area contributed by atoms with E-state index >= 15 is 0 Å². The van der Waals surface area contributed by atoms with Crippen LogP contribution in [0.15, 0.2) is 24.3 Å². The summed E-state index contributed by atoms with van der Waals surface area (Å²) in [5, 5.41) is 5.74. The zero-order valence-corrected chi connectivity index (χ0v) is 16.0. The molecule has 148 valence electrons. The Hall–Kier alpha value is -2.90. The van der Waals surface area contributed by atoms with E-state index in [1.807, 2.05) is 31.2 Å². The predicted octanol–water partition coefficient (Wildman–Crippen LogP) is 2.38. The van der Waals surface area contributed by atoms with Gasteiger partial charge >= 0.3 is 6.03 Å². The molecule has 0 radical (unpaired) electrons. The number of hydrogen-bond donors (Lipinski definition) is 3. The van der Waals surface area contributed by atoms with Gasteiger partial charge in [0.2, 0.25) is 5.91 Å². The number of rotatable bonds is 5. The highest BCUT2D eigenvalue weighted by atomic mass is 16.2. The van der Waals surface area contributed by atoms with Crippen molar-refractivity contribution in [1.82, 2.24) is 25.5 Å². The number of aromatic amines is 1. The van der Waals surface area contributed by atoms with Crippen LogP contribution in [0.25, 0.3) is 11.0 Å². The summed E-state index contributed by atoms with van der Waals surface area (Å²) in [6.45, 7) is 1.94. The van der Waals surface area contributed by atoms with E-state index in [9.17, 15) is 14.4 Å². The molecule has 2 aromatic rings. The number of nitrogens with one attached hydrogen (secondary N) is 3. The van der Waals surface area contributed by atoms with Gasteiger partial charge in [-0.15, -0.1) is 0 Å². The number of benzene rings is 1. The van der Waals surface area contributed by atoms with Crippen molar-refractivity contribution in [1.29, 1.82) is 0 Å². The fourth-order valence-electron chi connectivity index (χ4n) is 4.15. The third-order valence-corrected chi connectivity index (χ3v) is 5.71. The molecule has 4 rings (SSSR count). The Morgan fingerprint density at radius 2 is 2.00 bits per heavy atom. The molecule has 1 aliphatic carbocycles. The van der Waals surface area contributed by atoms with Crippen LogP contribution in [0.1, 0.15) is 57.3 Å². The zero-order chi connectivity index (χ0) is 19.7. The third-order valence-electron chi connectivity index (χ3n) is 5.71. The Morgan fingerprint density at radius 1 is 1.25 bits per heavy atom. The van der Waals surface area contributed by atoms with E-state index in [1.54, 1.807) is 0 Å². The number of H-pyrrole nitrogens is 1. The topological polar surface area (TPSA) is 107 Å². The molecule has 3 N–H and O–H groups in total. The molecular weight excluding hydrogens is 358 g/mol. The van der Waals surface area contributed by atoms with E-state index in [1.165, 1.54) is 4.90 Å². The van der Waals surface area contributed by atoms with Gasteiger partial charge in [-0.1, -0.05) is 31.4 Å². The van der Waals surface area contributed by atoms with Gasteiger partial charge in [-0.05, 0) is 31.9 Å². The largest absolute Gasteiger partial charge is 0.346 e. The lowest BCUT2D eigenvalue weighted by Crippen LogP contribution is -2.48. The van der Waals surface area contributed by atoms with Gasteiger partial charge in [-0.2, -0.15) is 0 Å². The lowest BCUT2D eigenvalue weighted by molar-refractivity contribution is -0.132. The van der Waals surface area contributed by atoms with Gasteiger partial charge < -0.3 is 15.6 Å². The Kier molecular flexibility index (Phi) is 4.78. The van der Waals surface area contributed by atoms with Crippen molar-refractivity contribution in [3.05, 3.63) is 30.1 Å². The molecular formula is C20H25N5O3. The quantitative estimate of drug-likeness (QED) is 0.689. The van der Waals surface area contributed by atoms with E-state index in [0.717, 1.165) is 30.3 Å². The number of nitrogens with zero attached hydrogens (tertiary/aromatic N) is 2. The highest BCUT2D eigenvalue weighted by molar-refractivity contribution is 6.07. The number of imidazole rings is 1. The lowest BCUT2D eigenvalue weighted by Gasteiger charge is -2.30. The van der Waals surface area contributed by atoms with Crippen molar-refractivity contribution in [3.63, 3.8) is 0 Å². The molecule has 1 aromatic carbocycles. The van der Waals surface area contributed by atoms with Gasteiger partial charge in [0.1, 0.15) is 11.4 Å². The molecule has 2 fully saturated rings. The SMILES string of the molecule is CC(NC(=O)CCN1C(=O)NC2(CCCCC2)C1=O)c1nc2ccccc2[nH]1. The van der Waals surface area contributed by atoms with Crippen LogP contribution in [0, 0.1) is 0 Å². The summed E-state index contributed by atoms with van der Waals surface area (Å²) in [4.78, 5) is 46.2. The van der Waals surface area contributed by atoms with Crippen LogP contribution in [0.5, 0.6) is 0 Å².